The van der Waals surface area contributed by atoms with Gasteiger partial charge in [0.15, 0.2) is 11.5 Å². The number of rotatable bonds is 6. The van der Waals surface area contributed by atoms with Crippen LogP contribution in [0.1, 0.15) is 11.1 Å². The Bertz CT molecular complexity index is 1740. The molecule has 0 amide bonds. The van der Waals surface area contributed by atoms with Gasteiger partial charge in [0.1, 0.15) is 16.3 Å². The third-order valence-electron chi connectivity index (χ3n) is 7.47. The minimum Gasteiger partial charge on any atom is -0.507 e. The third kappa shape index (κ3) is 4.83. The number of phenolic OH excluding ortho intramolecular Hbond substituents is 1. The highest BCUT2D eigenvalue weighted by Gasteiger charge is 2.22. The molecule has 0 bridgehead atoms. The van der Waals surface area contributed by atoms with E-state index >= 15 is 0 Å². The first kappa shape index (κ1) is 24.8. The van der Waals surface area contributed by atoms with Crippen LogP contribution in [0, 0.1) is 0 Å². The van der Waals surface area contributed by atoms with Crippen molar-refractivity contribution in [2.24, 2.45) is 0 Å². The van der Waals surface area contributed by atoms with Gasteiger partial charge >= 0.3 is 5.63 Å². The average Bonchev–Trinajstić information content (AvgIpc) is 3.66. The standard InChI is InChI=1S/C31H27N3O5S/c35-26-8-7-22-15-23(30-32-25(18-40-30)21-4-2-1-3-5-21)31(36)39-29(22)24(26)17-34-12-10-33(11-13-34)16-20-6-9-27-28(14-20)38-19-37-27/h1-9,14-15,18,35H,10-13,16-17,19H2. The van der Waals surface area contributed by atoms with Crippen molar-refractivity contribution in [3.8, 4) is 39.1 Å². The van der Waals surface area contributed by atoms with E-state index in [1.54, 1.807) is 12.1 Å². The minimum absolute atomic E-state index is 0.131. The molecule has 9 heteroatoms. The van der Waals surface area contributed by atoms with Crippen LogP contribution < -0.4 is 15.1 Å². The second-order valence-electron chi connectivity index (χ2n) is 10.1. The van der Waals surface area contributed by atoms with E-state index < -0.39 is 5.63 Å². The number of aromatic hydroxyl groups is 1. The fraction of sp³-hybridized carbons (Fsp3) is 0.226. The molecule has 0 saturated carbocycles. The second kappa shape index (κ2) is 10.4. The number of nitrogens with zero attached hydrogens (tertiary/aromatic N) is 3. The van der Waals surface area contributed by atoms with E-state index in [1.165, 1.54) is 16.9 Å². The maximum absolute atomic E-state index is 13.1. The number of hydrogen-bond acceptors (Lipinski definition) is 9. The van der Waals surface area contributed by atoms with E-state index in [4.69, 9.17) is 13.9 Å². The van der Waals surface area contributed by atoms with E-state index in [0.717, 1.165) is 60.9 Å². The van der Waals surface area contributed by atoms with Gasteiger partial charge in [-0.15, -0.1) is 11.3 Å². The number of hydrogen-bond donors (Lipinski definition) is 1. The van der Waals surface area contributed by atoms with Gasteiger partial charge in [-0.3, -0.25) is 9.80 Å². The van der Waals surface area contributed by atoms with Crippen LogP contribution in [-0.2, 0) is 13.1 Å². The molecule has 2 aliphatic heterocycles. The summed E-state index contributed by atoms with van der Waals surface area (Å²) < 4.78 is 16.8. The topological polar surface area (TPSA) is 88.3 Å². The van der Waals surface area contributed by atoms with Gasteiger partial charge in [0.25, 0.3) is 0 Å². The van der Waals surface area contributed by atoms with E-state index in [1.807, 2.05) is 53.9 Å². The summed E-state index contributed by atoms with van der Waals surface area (Å²) in [5, 5.41) is 14.1. The average molecular weight is 554 g/mol. The number of thiazole rings is 1. The van der Waals surface area contributed by atoms with Gasteiger partial charge in [0.05, 0.1) is 16.8 Å². The van der Waals surface area contributed by atoms with Gasteiger partial charge in [-0.05, 0) is 35.9 Å². The normalized spacial score (nSPS) is 15.6. The predicted octanol–water partition coefficient (Wildman–Crippen LogP) is 5.34. The molecule has 0 atom stereocenters. The molecule has 2 aliphatic rings. The molecule has 1 N–H and O–H groups in total. The molecule has 2 aromatic heterocycles. The van der Waals surface area contributed by atoms with Crippen LogP contribution in [0.5, 0.6) is 17.2 Å². The molecule has 8 nitrogen and oxygen atoms in total. The molecule has 5 aromatic rings. The summed E-state index contributed by atoms with van der Waals surface area (Å²) in [4.78, 5) is 22.5. The van der Waals surface area contributed by atoms with Crippen molar-refractivity contribution in [3.63, 3.8) is 0 Å². The lowest BCUT2D eigenvalue weighted by molar-refractivity contribution is 0.121. The van der Waals surface area contributed by atoms with Crippen LogP contribution >= 0.6 is 11.3 Å². The van der Waals surface area contributed by atoms with Crippen molar-refractivity contribution in [3.05, 3.63) is 93.7 Å². The van der Waals surface area contributed by atoms with Crippen molar-refractivity contribution >= 4 is 22.3 Å². The van der Waals surface area contributed by atoms with Crippen molar-refractivity contribution in [2.75, 3.05) is 33.0 Å². The molecule has 7 rings (SSSR count). The summed E-state index contributed by atoms with van der Waals surface area (Å²) in [6.45, 7) is 5.07. The Morgan fingerprint density at radius 2 is 1.65 bits per heavy atom. The Hall–Kier alpha value is -4.18. The number of phenols is 1. The SMILES string of the molecule is O=c1oc2c(CN3CCN(Cc4ccc5c(c4)OCO5)CC3)c(O)ccc2cc1-c1nc(-c2ccccc2)cs1. The highest BCUT2D eigenvalue weighted by molar-refractivity contribution is 7.13. The Morgan fingerprint density at radius 3 is 2.48 bits per heavy atom. The predicted molar refractivity (Wildman–Crippen MR) is 154 cm³/mol. The minimum atomic E-state index is -0.457. The van der Waals surface area contributed by atoms with Crippen LogP contribution in [0.3, 0.4) is 0 Å². The number of aromatic nitrogens is 1. The van der Waals surface area contributed by atoms with Gasteiger partial charge < -0.3 is 19.0 Å². The number of benzene rings is 3. The maximum atomic E-state index is 13.1. The zero-order valence-electron chi connectivity index (χ0n) is 21.7. The highest BCUT2D eigenvalue weighted by atomic mass is 32.1. The molecule has 1 saturated heterocycles. The Morgan fingerprint density at radius 1 is 0.875 bits per heavy atom. The molecule has 40 heavy (non-hydrogen) atoms. The quantitative estimate of drug-likeness (QED) is 0.282. The lowest BCUT2D eigenvalue weighted by atomic mass is 10.1. The zero-order chi connectivity index (χ0) is 27.1. The molecule has 202 valence electrons. The first-order valence-corrected chi connectivity index (χ1v) is 14.1. The number of fused-ring (bicyclic) bond motifs is 2. The maximum Gasteiger partial charge on any atom is 0.346 e. The molecule has 0 aliphatic carbocycles. The first-order chi connectivity index (χ1) is 19.6. The van der Waals surface area contributed by atoms with E-state index in [-0.39, 0.29) is 12.5 Å². The monoisotopic (exact) mass is 553 g/mol. The third-order valence-corrected chi connectivity index (χ3v) is 8.35. The first-order valence-electron chi connectivity index (χ1n) is 13.2. The van der Waals surface area contributed by atoms with Crippen LogP contribution in [0.15, 0.2) is 81.3 Å². The smallest absolute Gasteiger partial charge is 0.346 e. The van der Waals surface area contributed by atoms with Gasteiger partial charge in [-0.1, -0.05) is 36.4 Å². The largest absolute Gasteiger partial charge is 0.507 e. The molecule has 4 heterocycles. The zero-order valence-corrected chi connectivity index (χ0v) is 22.5. The summed E-state index contributed by atoms with van der Waals surface area (Å²) in [7, 11) is 0. The Kier molecular flexibility index (Phi) is 6.47. The summed E-state index contributed by atoms with van der Waals surface area (Å²) >= 11 is 1.42. The van der Waals surface area contributed by atoms with E-state index in [9.17, 15) is 9.90 Å². The molecule has 3 aromatic carbocycles. The lowest BCUT2D eigenvalue weighted by Gasteiger charge is -2.34. The molecular formula is C31H27N3O5S. The number of piperazine rings is 1. The fourth-order valence-corrected chi connectivity index (χ4v) is 6.13. The fourth-order valence-electron chi connectivity index (χ4n) is 5.30. The Balaban J connectivity index is 1.07. The lowest BCUT2D eigenvalue weighted by Crippen LogP contribution is -2.45. The molecule has 0 spiro atoms. The number of ether oxygens (including phenoxy) is 2. The van der Waals surface area contributed by atoms with Crippen molar-refractivity contribution < 1.29 is 19.0 Å². The van der Waals surface area contributed by atoms with Gasteiger partial charge in [-0.2, -0.15) is 0 Å². The van der Waals surface area contributed by atoms with Crippen molar-refractivity contribution in [2.45, 2.75) is 13.1 Å². The molecular weight excluding hydrogens is 526 g/mol. The highest BCUT2D eigenvalue weighted by Crippen LogP contribution is 2.34. The summed E-state index contributed by atoms with van der Waals surface area (Å²) in [6, 6.07) is 21.3. The van der Waals surface area contributed by atoms with Crippen LogP contribution in [-0.4, -0.2) is 52.9 Å². The van der Waals surface area contributed by atoms with Crippen LogP contribution in [0.25, 0.3) is 32.8 Å². The summed E-state index contributed by atoms with van der Waals surface area (Å²) in [5.74, 6) is 1.73. The molecule has 0 unspecified atom stereocenters. The second-order valence-corrected chi connectivity index (χ2v) is 10.9. The van der Waals surface area contributed by atoms with Crippen molar-refractivity contribution in [1.29, 1.82) is 0 Å². The summed E-state index contributed by atoms with van der Waals surface area (Å²) in [5.41, 5.74) is 4.04. The summed E-state index contributed by atoms with van der Waals surface area (Å²) in [6.07, 6.45) is 0. The van der Waals surface area contributed by atoms with E-state index in [0.29, 0.717) is 28.3 Å². The van der Waals surface area contributed by atoms with Gasteiger partial charge in [-0.25, -0.2) is 9.78 Å². The molecule has 1 fully saturated rings. The Labute approximate surface area is 234 Å². The van der Waals surface area contributed by atoms with Gasteiger partial charge in [0, 0.05) is 55.6 Å². The van der Waals surface area contributed by atoms with Crippen LogP contribution in [0.4, 0.5) is 0 Å². The van der Waals surface area contributed by atoms with E-state index in [2.05, 4.69) is 20.9 Å². The van der Waals surface area contributed by atoms with Crippen molar-refractivity contribution in [1.82, 2.24) is 14.8 Å². The van der Waals surface area contributed by atoms with Gasteiger partial charge in [0.2, 0.25) is 6.79 Å². The molecule has 0 radical (unpaired) electrons. The van der Waals surface area contributed by atoms with Crippen LogP contribution in [0.2, 0.25) is 0 Å².